The Morgan fingerprint density at radius 3 is 2.75 bits per heavy atom. The van der Waals surface area contributed by atoms with Crippen LogP contribution in [0.1, 0.15) is 72.2 Å². The van der Waals surface area contributed by atoms with Crippen LogP contribution in [-0.4, -0.2) is 59.3 Å². The molecule has 0 bridgehead atoms. The molecule has 1 unspecified atom stereocenters. The maximum Gasteiger partial charge on any atom is 0.273 e. The Morgan fingerprint density at radius 1 is 1.15 bits per heavy atom. The van der Waals surface area contributed by atoms with Crippen molar-refractivity contribution in [2.75, 3.05) is 32.7 Å². The van der Waals surface area contributed by atoms with Gasteiger partial charge < -0.3 is 24.3 Å². The van der Waals surface area contributed by atoms with Crippen LogP contribution in [0.4, 0.5) is 4.39 Å². The fourth-order valence-electron chi connectivity index (χ4n) is 5.51. The first-order valence-electron chi connectivity index (χ1n) is 14.1. The smallest absolute Gasteiger partial charge is 0.273 e. The predicted octanol–water partition coefficient (Wildman–Crippen LogP) is 4.74. The van der Waals surface area contributed by atoms with Gasteiger partial charge in [-0.1, -0.05) is 32.0 Å². The van der Waals surface area contributed by atoms with E-state index in [9.17, 15) is 14.0 Å². The zero-order valence-corrected chi connectivity index (χ0v) is 23.2. The van der Waals surface area contributed by atoms with Gasteiger partial charge in [-0.15, -0.1) is 0 Å². The summed E-state index contributed by atoms with van der Waals surface area (Å²) in [6.07, 6.45) is 4.90. The molecule has 2 aromatic carbocycles. The van der Waals surface area contributed by atoms with E-state index in [1.54, 1.807) is 6.07 Å². The molecule has 0 spiro atoms. The van der Waals surface area contributed by atoms with Gasteiger partial charge in [0.15, 0.2) is 12.3 Å². The van der Waals surface area contributed by atoms with Crippen LogP contribution >= 0.6 is 0 Å². The van der Waals surface area contributed by atoms with Crippen molar-refractivity contribution < 1.29 is 23.1 Å². The molecule has 2 aliphatic rings. The van der Waals surface area contributed by atoms with E-state index in [-0.39, 0.29) is 41.7 Å². The number of rotatable bonds is 10. The van der Waals surface area contributed by atoms with Crippen molar-refractivity contribution in [2.24, 2.45) is 5.92 Å². The van der Waals surface area contributed by atoms with E-state index >= 15 is 0 Å². The van der Waals surface area contributed by atoms with E-state index in [0.29, 0.717) is 31.7 Å². The van der Waals surface area contributed by atoms with Gasteiger partial charge in [0.05, 0.1) is 6.04 Å². The molecule has 0 aliphatic carbocycles. The molecule has 0 saturated carbocycles. The molecule has 3 aromatic rings. The molecular weight excluding hydrogens is 511 g/mol. The summed E-state index contributed by atoms with van der Waals surface area (Å²) < 4.78 is 25.7. The number of carbonyl (C=O) groups is 2. The van der Waals surface area contributed by atoms with Gasteiger partial charge in [0, 0.05) is 26.1 Å². The second-order valence-electron chi connectivity index (χ2n) is 11.0. The quantitative estimate of drug-likeness (QED) is 0.394. The second-order valence-corrected chi connectivity index (χ2v) is 11.0. The molecule has 2 amide bonds. The summed E-state index contributed by atoms with van der Waals surface area (Å²) in [5, 5.41) is 2.89. The normalized spacial score (nSPS) is 17.2. The fraction of sp³-hybridized carbons (Fsp3) is 0.452. The Hall–Kier alpha value is -3.72. The average Bonchev–Trinajstić information content (AvgIpc) is 3.63. The average molecular weight is 549 g/mol. The molecule has 2 aliphatic heterocycles. The number of likely N-dealkylation sites (tertiary alicyclic amines) is 1. The minimum atomic E-state index is -0.410. The van der Waals surface area contributed by atoms with E-state index in [4.69, 9.17) is 9.15 Å². The number of amides is 2. The first kappa shape index (κ1) is 27.8. The number of halogens is 1. The topological polar surface area (TPSA) is 87.9 Å². The van der Waals surface area contributed by atoms with Crippen molar-refractivity contribution >= 4 is 11.8 Å². The van der Waals surface area contributed by atoms with Gasteiger partial charge in [-0.2, -0.15) is 0 Å². The van der Waals surface area contributed by atoms with Crippen molar-refractivity contribution in [3.05, 3.63) is 82.8 Å². The Morgan fingerprint density at radius 2 is 1.98 bits per heavy atom. The van der Waals surface area contributed by atoms with Crippen molar-refractivity contribution in [3.63, 3.8) is 0 Å². The molecule has 0 radical (unpaired) electrons. The van der Waals surface area contributed by atoms with Crippen LogP contribution in [-0.2, 0) is 17.8 Å². The van der Waals surface area contributed by atoms with Gasteiger partial charge >= 0.3 is 0 Å². The van der Waals surface area contributed by atoms with Gasteiger partial charge in [-0.3, -0.25) is 9.59 Å². The molecule has 40 heavy (non-hydrogen) atoms. The number of ether oxygens (including phenoxy) is 1. The molecule has 8 nitrogen and oxygen atoms in total. The lowest BCUT2D eigenvalue weighted by molar-refractivity contribution is -0.134. The Kier molecular flexibility index (Phi) is 8.79. The second kappa shape index (κ2) is 12.6. The lowest BCUT2D eigenvalue weighted by atomic mass is 9.87. The summed E-state index contributed by atoms with van der Waals surface area (Å²) >= 11 is 0. The number of oxazole rings is 1. The molecule has 1 N–H and O–H groups in total. The maximum atomic E-state index is 14.2. The minimum Gasteiger partial charge on any atom is -0.484 e. The molecular formula is C31H37FN4O4. The molecule has 1 aromatic heterocycles. The van der Waals surface area contributed by atoms with E-state index < -0.39 is 6.04 Å². The maximum absolute atomic E-state index is 14.2. The number of aromatic nitrogens is 1. The van der Waals surface area contributed by atoms with E-state index in [1.807, 2.05) is 43.0 Å². The molecule has 1 fully saturated rings. The van der Waals surface area contributed by atoms with Crippen LogP contribution in [0.3, 0.4) is 0 Å². The SMILES string of the molecule is CC(C)CC(=O)N1CCc2ccc(OCc3nc(C(=O)NCCN4CCCC4)co3)cc2C1c1cccc(F)c1. The van der Waals surface area contributed by atoms with Gasteiger partial charge in [-0.25, -0.2) is 9.37 Å². The van der Waals surface area contributed by atoms with Gasteiger partial charge in [-0.05, 0) is 79.2 Å². The summed E-state index contributed by atoms with van der Waals surface area (Å²) in [6, 6.07) is 11.8. The van der Waals surface area contributed by atoms with Gasteiger partial charge in [0.2, 0.25) is 11.8 Å². The monoisotopic (exact) mass is 548 g/mol. The Labute approximate surface area is 234 Å². The van der Waals surface area contributed by atoms with Crippen molar-refractivity contribution in [2.45, 2.75) is 52.2 Å². The number of benzene rings is 2. The Balaban J connectivity index is 1.27. The van der Waals surface area contributed by atoms with Crippen molar-refractivity contribution in [1.29, 1.82) is 0 Å². The molecule has 9 heteroatoms. The van der Waals surface area contributed by atoms with Crippen molar-refractivity contribution in [1.82, 2.24) is 20.1 Å². The molecule has 1 saturated heterocycles. The highest BCUT2D eigenvalue weighted by atomic mass is 19.1. The van der Waals surface area contributed by atoms with E-state index in [0.717, 1.165) is 36.3 Å². The number of fused-ring (bicyclic) bond motifs is 1. The highest BCUT2D eigenvalue weighted by Crippen LogP contribution is 2.38. The summed E-state index contributed by atoms with van der Waals surface area (Å²) in [4.78, 5) is 34.1. The molecule has 212 valence electrons. The summed E-state index contributed by atoms with van der Waals surface area (Å²) in [5.41, 5.74) is 2.95. The van der Waals surface area contributed by atoms with Crippen LogP contribution in [0.2, 0.25) is 0 Å². The number of hydrogen-bond donors (Lipinski definition) is 1. The highest BCUT2D eigenvalue weighted by Gasteiger charge is 2.33. The molecule has 5 rings (SSSR count). The highest BCUT2D eigenvalue weighted by molar-refractivity contribution is 5.91. The lowest BCUT2D eigenvalue weighted by Crippen LogP contribution is -2.41. The third kappa shape index (κ3) is 6.70. The largest absolute Gasteiger partial charge is 0.484 e. The first-order chi connectivity index (χ1) is 19.4. The van der Waals surface area contributed by atoms with Gasteiger partial charge in [0.1, 0.15) is 17.8 Å². The third-order valence-electron chi connectivity index (χ3n) is 7.47. The van der Waals surface area contributed by atoms with Gasteiger partial charge in [0.25, 0.3) is 5.91 Å². The van der Waals surface area contributed by atoms with Crippen LogP contribution in [0, 0.1) is 11.7 Å². The Bertz CT molecular complexity index is 1330. The summed E-state index contributed by atoms with van der Waals surface area (Å²) in [7, 11) is 0. The zero-order chi connectivity index (χ0) is 28.1. The predicted molar refractivity (Wildman–Crippen MR) is 148 cm³/mol. The number of hydrogen-bond acceptors (Lipinski definition) is 6. The van der Waals surface area contributed by atoms with Crippen molar-refractivity contribution in [3.8, 4) is 5.75 Å². The zero-order valence-electron chi connectivity index (χ0n) is 23.2. The van der Waals surface area contributed by atoms with Crippen LogP contribution in [0.5, 0.6) is 5.75 Å². The minimum absolute atomic E-state index is 0.0421. The first-order valence-corrected chi connectivity index (χ1v) is 14.1. The molecule has 3 heterocycles. The van der Waals surface area contributed by atoms with E-state index in [2.05, 4.69) is 15.2 Å². The van der Waals surface area contributed by atoms with Crippen LogP contribution in [0.15, 0.2) is 53.1 Å². The number of nitrogens with one attached hydrogen (secondary N) is 1. The van der Waals surface area contributed by atoms with E-state index in [1.165, 1.54) is 31.2 Å². The summed E-state index contributed by atoms with van der Waals surface area (Å²) in [5.74, 6) is 0.521. The standard InChI is InChI=1S/C31H37FN4O4/c1-21(2)16-29(37)36-14-10-22-8-9-25(18-26(22)30(36)23-6-5-7-24(32)17-23)39-20-28-34-27(19-40-28)31(38)33-11-15-35-12-3-4-13-35/h5-9,17-19,21,30H,3-4,10-16,20H2,1-2H3,(H,33,38). The molecule has 1 atom stereocenters. The number of nitrogens with zero attached hydrogens (tertiary/aromatic N) is 3. The number of carbonyl (C=O) groups excluding carboxylic acids is 2. The van der Waals surface area contributed by atoms with Crippen LogP contribution in [0.25, 0.3) is 0 Å². The fourth-order valence-corrected chi connectivity index (χ4v) is 5.51. The summed E-state index contributed by atoms with van der Waals surface area (Å²) in [6.45, 7) is 8.21. The lowest BCUT2D eigenvalue weighted by Gasteiger charge is -2.38. The third-order valence-corrected chi connectivity index (χ3v) is 7.47. The van der Waals surface area contributed by atoms with Crippen LogP contribution < -0.4 is 10.1 Å².